The summed E-state index contributed by atoms with van der Waals surface area (Å²) >= 11 is 0. The first kappa shape index (κ1) is 23.3. The van der Waals surface area contributed by atoms with E-state index in [2.05, 4.69) is 20.6 Å². The number of aliphatic hydroxyl groups is 1. The van der Waals surface area contributed by atoms with E-state index < -0.39 is 48.5 Å². The third-order valence-electron chi connectivity index (χ3n) is 5.01. The maximum atomic E-state index is 13.7. The second-order valence-corrected chi connectivity index (χ2v) is 7.25. The Morgan fingerprint density at radius 3 is 2.41 bits per heavy atom. The van der Waals surface area contributed by atoms with Crippen LogP contribution in [-0.4, -0.2) is 43.0 Å². The number of carbonyl (C=O) groups excluding carboxylic acids is 1. The fourth-order valence-corrected chi connectivity index (χ4v) is 3.32. The van der Waals surface area contributed by atoms with Crippen molar-refractivity contribution in [3.63, 3.8) is 0 Å². The number of hydrogen-bond acceptors (Lipinski definition) is 4. The van der Waals surface area contributed by atoms with Crippen LogP contribution in [0.2, 0.25) is 0 Å². The maximum absolute atomic E-state index is 13.7. The Bertz CT molecular complexity index is 1080. The van der Waals surface area contributed by atoms with Gasteiger partial charge < -0.3 is 24.9 Å². The molecule has 0 saturated carbocycles. The fourth-order valence-electron chi connectivity index (χ4n) is 3.32. The number of amides is 2. The van der Waals surface area contributed by atoms with Crippen molar-refractivity contribution in [1.82, 2.24) is 29.7 Å². The second-order valence-electron chi connectivity index (χ2n) is 7.25. The number of imidazole rings is 2. The number of rotatable bonds is 7. The van der Waals surface area contributed by atoms with E-state index in [1.165, 1.54) is 37.6 Å². The first-order chi connectivity index (χ1) is 15.0. The maximum Gasteiger partial charge on any atom is 0.424 e. The molecule has 0 aliphatic rings. The van der Waals surface area contributed by atoms with Crippen LogP contribution >= 0.6 is 0 Å². The van der Waals surface area contributed by atoms with Crippen molar-refractivity contribution in [3.05, 3.63) is 72.1 Å². The minimum absolute atomic E-state index is 0.394. The van der Waals surface area contributed by atoms with Crippen molar-refractivity contribution in [2.24, 2.45) is 14.1 Å². The number of aryl methyl sites for hydroxylation is 2. The summed E-state index contributed by atoms with van der Waals surface area (Å²) in [6.07, 6.45) is -0.316. The van der Waals surface area contributed by atoms with Gasteiger partial charge in [0.2, 0.25) is 5.60 Å². The van der Waals surface area contributed by atoms with Crippen molar-refractivity contribution in [3.8, 4) is 0 Å². The third kappa shape index (κ3) is 4.74. The lowest BCUT2D eigenvalue weighted by Gasteiger charge is -2.30. The third-order valence-corrected chi connectivity index (χ3v) is 5.01. The van der Waals surface area contributed by atoms with Gasteiger partial charge >= 0.3 is 12.2 Å². The molecule has 2 unspecified atom stereocenters. The summed E-state index contributed by atoms with van der Waals surface area (Å²) in [5.41, 5.74) is -2.85. The predicted molar refractivity (Wildman–Crippen MR) is 106 cm³/mol. The number of halogens is 4. The molecule has 32 heavy (non-hydrogen) atoms. The lowest BCUT2D eigenvalue weighted by molar-refractivity contribution is -0.272. The van der Waals surface area contributed by atoms with Crippen molar-refractivity contribution in [2.75, 3.05) is 6.54 Å². The summed E-state index contributed by atoms with van der Waals surface area (Å²) in [7, 11) is 3.01. The molecule has 172 valence electrons. The molecule has 0 saturated heterocycles. The summed E-state index contributed by atoms with van der Waals surface area (Å²) in [4.78, 5) is 20.2. The highest BCUT2D eigenvalue weighted by atomic mass is 19.4. The molecule has 8 nitrogen and oxygen atoms in total. The van der Waals surface area contributed by atoms with Crippen LogP contribution in [0, 0.1) is 5.82 Å². The SMILES string of the molecule is Cn1ccnc1C(NC(=O)NCCC(O)(c1nccn1C)C(F)(F)F)c1cccc(F)c1. The summed E-state index contributed by atoms with van der Waals surface area (Å²) in [5, 5.41) is 15.2. The number of urea groups is 1. The molecule has 2 atom stereocenters. The zero-order valence-corrected chi connectivity index (χ0v) is 17.3. The molecule has 0 bridgehead atoms. The minimum Gasteiger partial charge on any atom is -0.374 e. The highest BCUT2D eigenvalue weighted by Gasteiger charge is 2.57. The number of hydrogen-bond donors (Lipinski definition) is 3. The van der Waals surface area contributed by atoms with Crippen LogP contribution in [0.25, 0.3) is 0 Å². The number of benzene rings is 1. The fraction of sp³-hybridized carbons (Fsp3) is 0.350. The Labute approximate surface area is 180 Å². The molecule has 1 aromatic carbocycles. The topological polar surface area (TPSA) is 97.0 Å². The molecule has 0 spiro atoms. The quantitative estimate of drug-likeness (QED) is 0.478. The molecule has 12 heteroatoms. The molecule has 2 aromatic heterocycles. The Morgan fingerprint density at radius 1 is 1.16 bits per heavy atom. The number of nitrogens with one attached hydrogen (secondary N) is 2. The van der Waals surface area contributed by atoms with Crippen molar-refractivity contribution >= 4 is 6.03 Å². The Balaban J connectivity index is 1.73. The van der Waals surface area contributed by atoms with Gasteiger partial charge in [0.05, 0.1) is 0 Å². The van der Waals surface area contributed by atoms with Crippen LogP contribution < -0.4 is 10.6 Å². The Morgan fingerprint density at radius 2 is 1.84 bits per heavy atom. The summed E-state index contributed by atoms with van der Waals surface area (Å²) < 4.78 is 57.2. The van der Waals surface area contributed by atoms with E-state index in [1.54, 1.807) is 23.9 Å². The zero-order chi connectivity index (χ0) is 23.5. The lowest BCUT2D eigenvalue weighted by Crippen LogP contribution is -2.48. The predicted octanol–water partition coefficient (Wildman–Crippen LogP) is 2.52. The van der Waals surface area contributed by atoms with Gasteiger partial charge in [-0.05, 0) is 17.7 Å². The standard InChI is InChI=1S/C20H22F4N6O2/c1-29-10-8-25-16(29)15(13-4-3-5-14(21)12-13)28-18(31)27-7-6-19(32,20(22,23)24)17-26-9-11-30(17)2/h3-5,8-12,15,32H,6-7H2,1-2H3,(H2,27,28,31). The Hall–Kier alpha value is -3.41. The molecule has 3 aromatic rings. The number of carbonyl (C=O) groups is 1. The average molecular weight is 454 g/mol. The monoisotopic (exact) mass is 454 g/mol. The van der Waals surface area contributed by atoms with Gasteiger partial charge in [0.15, 0.2) is 0 Å². The highest BCUT2D eigenvalue weighted by molar-refractivity contribution is 5.74. The van der Waals surface area contributed by atoms with Gasteiger partial charge in [0, 0.05) is 51.8 Å². The van der Waals surface area contributed by atoms with E-state index in [9.17, 15) is 27.5 Å². The van der Waals surface area contributed by atoms with Crippen molar-refractivity contribution in [2.45, 2.75) is 24.2 Å². The summed E-state index contributed by atoms with van der Waals surface area (Å²) in [6.45, 7) is -0.509. The molecular formula is C20H22F4N6O2. The van der Waals surface area contributed by atoms with E-state index in [1.807, 2.05) is 0 Å². The molecule has 3 rings (SSSR count). The van der Waals surface area contributed by atoms with Crippen LogP contribution in [0.5, 0.6) is 0 Å². The molecule has 2 amide bonds. The zero-order valence-electron chi connectivity index (χ0n) is 17.3. The van der Waals surface area contributed by atoms with Crippen molar-refractivity contribution in [1.29, 1.82) is 0 Å². The molecule has 0 aliphatic carbocycles. The number of alkyl halides is 3. The van der Waals surface area contributed by atoms with Gasteiger partial charge in [-0.25, -0.2) is 19.2 Å². The average Bonchev–Trinajstić information content (AvgIpc) is 3.33. The number of nitrogens with zero attached hydrogens (tertiary/aromatic N) is 4. The van der Waals surface area contributed by atoms with E-state index in [4.69, 9.17) is 0 Å². The molecular weight excluding hydrogens is 432 g/mol. The van der Waals surface area contributed by atoms with Crippen LogP contribution in [-0.2, 0) is 19.7 Å². The van der Waals surface area contributed by atoms with Gasteiger partial charge in [-0.3, -0.25) is 0 Å². The summed E-state index contributed by atoms with van der Waals surface area (Å²) in [5.74, 6) is -0.711. The van der Waals surface area contributed by atoms with Crippen LogP contribution in [0.3, 0.4) is 0 Å². The second kappa shape index (κ2) is 8.99. The summed E-state index contributed by atoms with van der Waals surface area (Å²) in [6, 6.07) is 3.86. The largest absolute Gasteiger partial charge is 0.424 e. The van der Waals surface area contributed by atoms with Crippen LogP contribution in [0.1, 0.15) is 29.7 Å². The first-order valence-corrected chi connectivity index (χ1v) is 9.57. The molecule has 0 fully saturated rings. The minimum atomic E-state index is -5.01. The molecule has 0 radical (unpaired) electrons. The van der Waals surface area contributed by atoms with E-state index in [-0.39, 0.29) is 0 Å². The van der Waals surface area contributed by atoms with Gasteiger partial charge in [-0.1, -0.05) is 12.1 Å². The van der Waals surface area contributed by atoms with E-state index >= 15 is 0 Å². The molecule has 3 N–H and O–H groups in total. The molecule has 0 aliphatic heterocycles. The van der Waals surface area contributed by atoms with E-state index in [0.717, 1.165) is 10.8 Å². The first-order valence-electron chi connectivity index (χ1n) is 9.57. The van der Waals surface area contributed by atoms with Gasteiger partial charge in [0.25, 0.3) is 0 Å². The van der Waals surface area contributed by atoms with Gasteiger partial charge in [-0.15, -0.1) is 0 Å². The van der Waals surface area contributed by atoms with Gasteiger partial charge in [0.1, 0.15) is 23.5 Å². The van der Waals surface area contributed by atoms with Crippen LogP contribution in [0.15, 0.2) is 49.1 Å². The van der Waals surface area contributed by atoms with E-state index in [0.29, 0.717) is 11.4 Å². The van der Waals surface area contributed by atoms with Crippen LogP contribution in [0.4, 0.5) is 22.4 Å². The number of aromatic nitrogens is 4. The smallest absolute Gasteiger partial charge is 0.374 e. The van der Waals surface area contributed by atoms with Crippen molar-refractivity contribution < 1.29 is 27.5 Å². The lowest BCUT2D eigenvalue weighted by atomic mass is 9.97. The normalized spacial score (nSPS) is 14.6. The highest BCUT2D eigenvalue weighted by Crippen LogP contribution is 2.40. The van der Waals surface area contributed by atoms with Gasteiger partial charge in [-0.2, -0.15) is 13.2 Å². The Kier molecular flexibility index (Phi) is 6.53. The molecule has 2 heterocycles.